The van der Waals surface area contributed by atoms with E-state index in [2.05, 4.69) is 14.8 Å². The SMILES string of the molecule is CCOC(=O)[C@H]1C[C@@H](C(=O)OC)[C@@](C)(C(=O)OC)N1. The fourth-order valence-electron chi connectivity index (χ4n) is 2.28. The molecule has 0 unspecified atom stereocenters. The minimum atomic E-state index is -1.29. The Morgan fingerprint density at radius 1 is 1.21 bits per heavy atom. The van der Waals surface area contributed by atoms with E-state index in [1.54, 1.807) is 6.92 Å². The third-order valence-electron chi connectivity index (χ3n) is 3.31. The Kier molecular flexibility index (Phi) is 4.88. The van der Waals surface area contributed by atoms with Crippen LogP contribution in [0.2, 0.25) is 0 Å². The van der Waals surface area contributed by atoms with Crippen LogP contribution in [0.3, 0.4) is 0 Å². The number of esters is 3. The number of hydrogen-bond donors (Lipinski definition) is 1. The second-order valence-electron chi connectivity index (χ2n) is 4.45. The van der Waals surface area contributed by atoms with Gasteiger partial charge in [-0.15, -0.1) is 0 Å². The third kappa shape index (κ3) is 2.86. The van der Waals surface area contributed by atoms with Crippen LogP contribution in [0.1, 0.15) is 20.3 Å². The number of carbonyl (C=O) groups is 3. The highest BCUT2D eigenvalue weighted by Crippen LogP contribution is 2.32. The minimum Gasteiger partial charge on any atom is -0.469 e. The maximum atomic E-state index is 11.8. The van der Waals surface area contributed by atoms with Crippen molar-refractivity contribution in [1.82, 2.24) is 5.32 Å². The van der Waals surface area contributed by atoms with Crippen molar-refractivity contribution < 1.29 is 28.6 Å². The van der Waals surface area contributed by atoms with Crippen LogP contribution in [-0.2, 0) is 28.6 Å². The minimum absolute atomic E-state index is 0.136. The van der Waals surface area contributed by atoms with Crippen molar-refractivity contribution in [2.75, 3.05) is 20.8 Å². The summed E-state index contributed by atoms with van der Waals surface area (Å²) in [5.41, 5.74) is -1.29. The van der Waals surface area contributed by atoms with Crippen molar-refractivity contribution in [2.45, 2.75) is 31.8 Å². The van der Waals surface area contributed by atoms with E-state index in [1.807, 2.05) is 0 Å². The summed E-state index contributed by atoms with van der Waals surface area (Å²) in [7, 11) is 2.46. The van der Waals surface area contributed by atoms with E-state index in [0.29, 0.717) is 0 Å². The Bertz CT molecular complexity index is 382. The van der Waals surface area contributed by atoms with Gasteiger partial charge in [-0.25, -0.2) is 0 Å². The van der Waals surface area contributed by atoms with E-state index >= 15 is 0 Å². The zero-order chi connectivity index (χ0) is 14.6. The molecule has 0 aromatic carbocycles. The molecule has 0 bridgehead atoms. The van der Waals surface area contributed by atoms with Gasteiger partial charge >= 0.3 is 17.9 Å². The molecule has 3 atom stereocenters. The second kappa shape index (κ2) is 6.01. The van der Waals surface area contributed by atoms with Gasteiger partial charge in [-0.1, -0.05) is 0 Å². The molecular weight excluding hydrogens is 254 g/mol. The van der Waals surface area contributed by atoms with Crippen LogP contribution in [0, 0.1) is 5.92 Å². The molecule has 1 rings (SSSR count). The molecule has 1 aliphatic heterocycles. The lowest BCUT2D eigenvalue weighted by molar-refractivity contribution is -0.158. The number of carbonyl (C=O) groups excluding carboxylic acids is 3. The van der Waals surface area contributed by atoms with Crippen LogP contribution in [0.15, 0.2) is 0 Å². The molecule has 0 aromatic heterocycles. The van der Waals surface area contributed by atoms with Crippen LogP contribution < -0.4 is 5.32 Å². The summed E-state index contributed by atoms with van der Waals surface area (Å²) in [4.78, 5) is 35.3. The normalized spacial score (nSPS) is 29.7. The van der Waals surface area contributed by atoms with E-state index in [9.17, 15) is 14.4 Å². The van der Waals surface area contributed by atoms with Gasteiger partial charge in [0.15, 0.2) is 0 Å². The molecule has 7 heteroatoms. The molecular formula is C12H19NO6. The monoisotopic (exact) mass is 273 g/mol. The van der Waals surface area contributed by atoms with Gasteiger partial charge in [0.05, 0.1) is 26.7 Å². The van der Waals surface area contributed by atoms with Gasteiger partial charge in [-0.3, -0.25) is 19.7 Å². The van der Waals surface area contributed by atoms with Crippen molar-refractivity contribution >= 4 is 17.9 Å². The predicted octanol–water partition coefficient (Wildman–Crippen LogP) is -0.368. The first-order valence-electron chi connectivity index (χ1n) is 6.01. The van der Waals surface area contributed by atoms with Gasteiger partial charge in [0, 0.05) is 0 Å². The standard InChI is InChI=1S/C12H19NO6/c1-5-19-10(15)8-6-7(9(14)17-3)12(2,13-8)11(16)18-4/h7-8,13H,5-6H2,1-4H3/t7-,8+,12-/m0/s1. The average Bonchev–Trinajstić information content (AvgIpc) is 2.76. The topological polar surface area (TPSA) is 90.9 Å². The zero-order valence-electron chi connectivity index (χ0n) is 11.5. The molecule has 1 N–H and O–H groups in total. The van der Waals surface area contributed by atoms with Crippen molar-refractivity contribution in [3.63, 3.8) is 0 Å². The Hall–Kier alpha value is -1.63. The quantitative estimate of drug-likeness (QED) is 0.552. The highest BCUT2D eigenvalue weighted by molar-refractivity contribution is 5.91. The maximum absolute atomic E-state index is 11.8. The van der Waals surface area contributed by atoms with Gasteiger partial charge in [-0.05, 0) is 20.3 Å². The molecule has 0 spiro atoms. The number of nitrogens with one attached hydrogen (secondary N) is 1. The highest BCUT2D eigenvalue weighted by Gasteiger charge is 2.55. The number of hydrogen-bond acceptors (Lipinski definition) is 7. The van der Waals surface area contributed by atoms with Crippen molar-refractivity contribution in [3.05, 3.63) is 0 Å². The lowest BCUT2D eigenvalue weighted by Gasteiger charge is -2.26. The van der Waals surface area contributed by atoms with E-state index in [4.69, 9.17) is 4.74 Å². The average molecular weight is 273 g/mol. The first-order chi connectivity index (χ1) is 8.90. The number of rotatable bonds is 4. The molecule has 7 nitrogen and oxygen atoms in total. The number of methoxy groups -OCH3 is 2. The molecule has 0 aliphatic carbocycles. The van der Waals surface area contributed by atoms with Crippen LogP contribution in [0.4, 0.5) is 0 Å². The van der Waals surface area contributed by atoms with E-state index in [0.717, 1.165) is 0 Å². The Morgan fingerprint density at radius 2 is 1.84 bits per heavy atom. The molecule has 1 fully saturated rings. The summed E-state index contributed by atoms with van der Waals surface area (Å²) < 4.78 is 14.3. The molecule has 0 saturated carbocycles. The number of ether oxygens (including phenoxy) is 3. The van der Waals surface area contributed by atoms with Gasteiger partial charge in [-0.2, -0.15) is 0 Å². The van der Waals surface area contributed by atoms with E-state index in [-0.39, 0.29) is 13.0 Å². The fourth-order valence-corrected chi connectivity index (χ4v) is 2.28. The summed E-state index contributed by atoms with van der Waals surface area (Å²) in [6.45, 7) is 3.43. The molecule has 1 aliphatic rings. The largest absolute Gasteiger partial charge is 0.469 e. The molecule has 108 valence electrons. The van der Waals surface area contributed by atoms with Gasteiger partial charge in [0.2, 0.25) is 0 Å². The van der Waals surface area contributed by atoms with Crippen molar-refractivity contribution in [2.24, 2.45) is 5.92 Å². The fraction of sp³-hybridized carbons (Fsp3) is 0.750. The molecule has 1 heterocycles. The highest BCUT2D eigenvalue weighted by atomic mass is 16.5. The summed E-state index contributed by atoms with van der Waals surface area (Å²) in [5, 5.41) is 2.82. The van der Waals surface area contributed by atoms with Crippen LogP contribution in [-0.4, -0.2) is 50.3 Å². The first kappa shape index (κ1) is 15.4. The van der Waals surface area contributed by atoms with Gasteiger partial charge < -0.3 is 14.2 Å². The second-order valence-corrected chi connectivity index (χ2v) is 4.45. The molecule has 0 aromatic rings. The maximum Gasteiger partial charge on any atom is 0.326 e. The summed E-state index contributed by atoms with van der Waals surface area (Å²) in [6.07, 6.45) is 0.136. The molecule has 0 amide bonds. The summed E-state index contributed by atoms with van der Waals surface area (Å²) in [6, 6.07) is -0.729. The van der Waals surface area contributed by atoms with Crippen molar-refractivity contribution in [3.8, 4) is 0 Å². The third-order valence-corrected chi connectivity index (χ3v) is 3.31. The molecule has 1 saturated heterocycles. The Morgan fingerprint density at radius 3 is 2.32 bits per heavy atom. The van der Waals surface area contributed by atoms with Crippen molar-refractivity contribution in [1.29, 1.82) is 0 Å². The van der Waals surface area contributed by atoms with Gasteiger partial charge in [0.1, 0.15) is 11.6 Å². The first-order valence-corrected chi connectivity index (χ1v) is 6.01. The lowest BCUT2D eigenvalue weighted by Crippen LogP contribution is -2.54. The molecule has 19 heavy (non-hydrogen) atoms. The zero-order valence-corrected chi connectivity index (χ0v) is 11.5. The van der Waals surface area contributed by atoms with Crippen LogP contribution >= 0.6 is 0 Å². The smallest absolute Gasteiger partial charge is 0.326 e. The van der Waals surface area contributed by atoms with Crippen LogP contribution in [0.25, 0.3) is 0 Å². The Labute approximate surface area is 111 Å². The lowest BCUT2D eigenvalue weighted by atomic mass is 9.87. The Balaban J connectivity index is 2.97. The van der Waals surface area contributed by atoms with Gasteiger partial charge in [0.25, 0.3) is 0 Å². The van der Waals surface area contributed by atoms with E-state index < -0.39 is 35.4 Å². The summed E-state index contributed by atoms with van der Waals surface area (Å²) in [5.74, 6) is -2.47. The van der Waals surface area contributed by atoms with E-state index in [1.165, 1.54) is 21.1 Å². The summed E-state index contributed by atoms with van der Waals surface area (Å²) >= 11 is 0. The molecule has 0 radical (unpaired) electrons. The van der Waals surface area contributed by atoms with Crippen LogP contribution in [0.5, 0.6) is 0 Å². The predicted molar refractivity (Wildman–Crippen MR) is 64.1 cm³/mol.